The van der Waals surface area contributed by atoms with Gasteiger partial charge in [0.25, 0.3) is 0 Å². The first-order valence-corrected chi connectivity index (χ1v) is 8.38. The van der Waals surface area contributed by atoms with E-state index >= 15 is 0 Å². The zero-order valence-corrected chi connectivity index (χ0v) is 14.2. The van der Waals surface area contributed by atoms with Crippen LogP contribution in [0.25, 0.3) is 4.85 Å². The molecule has 23 heavy (non-hydrogen) atoms. The van der Waals surface area contributed by atoms with Gasteiger partial charge in [-0.05, 0) is 23.7 Å². The standard InChI is InChI=1S/C17H26FN3O2/c1-15(2)16(3)5-6-17(15,11-23-10-16)20-8-14(22)21-9-12(18)7-13(21)19-4/h12-13,20H,5-11H2,1-3H3/t12-,13-,16+,17+/m0/s1. The third-order valence-corrected chi connectivity index (χ3v) is 6.85. The van der Waals surface area contributed by atoms with Crippen LogP contribution in [0.15, 0.2) is 0 Å². The number of nitrogens with one attached hydrogen (secondary N) is 1. The van der Waals surface area contributed by atoms with Gasteiger partial charge in [0, 0.05) is 5.54 Å². The van der Waals surface area contributed by atoms with Gasteiger partial charge >= 0.3 is 6.17 Å². The van der Waals surface area contributed by atoms with Crippen molar-refractivity contribution < 1.29 is 13.9 Å². The van der Waals surface area contributed by atoms with Crippen LogP contribution < -0.4 is 5.32 Å². The number of halogens is 1. The predicted molar refractivity (Wildman–Crippen MR) is 84.3 cm³/mol. The number of carbonyl (C=O) groups is 1. The molecule has 3 fully saturated rings. The van der Waals surface area contributed by atoms with E-state index in [-0.39, 0.29) is 41.8 Å². The van der Waals surface area contributed by atoms with Gasteiger partial charge < -0.3 is 10.1 Å². The highest BCUT2D eigenvalue weighted by molar-refractivity contribution is 5.79. The van der Waals surface area contributed by atoms with Gasteiger partial charge in [0.2, 0.25) is 5.91 Å². The molecule has 1 saturated carbocycles. The Morgan fingerprint density at radius 1 is 1.39 bits per heavy atom. The van der Waals surface area contributed by atoms with E-state index in [1.54, 1.807) is 0 Å². The van der Waals surface area contributed by atoms with E-state index < -0.39 is 12.3 Å². The Bertz CT molecular complexity index is 546. The Morgan fingerprint density at radius 2 is 2.13 bits per heavy atom. The van der Waals surface area contributed by atoms with Gasteiger partial charge in [0.15, 0.2) is 0 Å². The number of alkyl halides is 1. The summed E-state index contributed by atoms with van der Waals surface area (Å²) in [6.07, 6.45) is 0.443. The lowest BCUT2D eigenvalue weighted by atomic mass is 9.61. The van der Waals surface area contributed by atoms with E-state index in [9.17, 15) is 9.18 Å². The molecule has 2 heterocycles. The molecule has 0 radical (unpaired) electrons. The molecule has 3 rings (SSSR count). The van der Waals surface area contributed by atoms with Crippen molar-refractivity contribution in [2.45, 2.75) is 57.9 Å². The second-order valence-corrected chi connectivity index (χ2v) is 8.10. The van der Waals surface area contributed by atoms with Crippen molar-refractivity contribution in [1.29, 1.82) is 0 Å². The van der Waals surface area contributed by atoms with Crippen LogP contribution in [0.2, 0.25) is 0 Å². The normalized spacial score (nSPS) is 41.8. The first-order valence-electron chi connectivity index (χ1n) is 8.38. The summed E-state index contributed by atoms with van der Waals surface area (Å²) in [6.45, 7) is 15.4. The molecule has 1 aliphatic carbocycles. The Kier molecular flexibility index (Phi) is 3.93. The molecular formula is C17H26FN3O2. The number of hydrogen-bond acceptors (Lipinski definition) is 3. The minimum absolute atomic E-state index is 0.0192. The number of amides is 1. The quantitative estimate of drug-likeness (QED) is 0.808. The molecule has 5 nitrogen and oxygen atoms in total. The minimum Gasteiger partial charge on any atom is -0.379 e. The molecule has 0 unspecified atom stereocenters. The first kappa shape index (κ1) is 16.7. The number of carbonyl (C=O) groups excluding carboxylic acids is 1. The average Bonchev–Trinajstić information content (AvgIpc) is 2.88. The van der Waals surface area contributed by atoms with E-state index in [4.69, 9.17) is 11.3 Å². The summed E-state index contributed by atoms with van der Waals surface area (Å²) in [5.74, 6) is -0.185. The molecule has 1 amide bonds. The molecular weight excluding hydrogens is 297 g/mol. The zero-order chi connectivity index (χ0) is 16.9. The second-order valence-electron chi connectivity index (χ2n) is 8.10. The molecule has 128 valence electrons. The summed E-state index contributed by atoms with van der Waals surface area (Å²) < 4.78 is 19.3. The van der Waals surface area contributed by atoms with Gasteiger partial charge in [0.05, 0.1) is 32.7 Å². The summed E-state index contributed by atoms with van der Waals surface area (Å²) in [7, 11) is 0. The summed E-state index contributed by atoms with van der Waals surface area (Å²) >= 11 is 0. The lowest BCUT2D eigenvalue weighted by Gasteiger charge is -2.53. The van der Waals surface area contributed by atoms with Crippen LogP contribution in [-0.4, -0.2) is 55.0 Å². The molecule has 0 aromatic rings. The SMILES string of the molecule is [C-]#[N+][C@@H]1C[C@H](F)CN1C(=O)CN[C@]12CC[C@](C)(COC1)C2(C)C. The molecule has 0 aromatic heterocycles. The smallest absolute Gasteiger partial charge is 0.303 e. The lowest BCUT2D eigenvalue weighted by molar-refractivity contribution is -0.135. The Morgan fingerprint density at radius 3 is 2.83 bits per heavy atom. The largest absolute Gasteiger partial charge is 0.379 e. The maximum absolute atomic E-state index is 13.5. The Hall–Kier alpha value is -1.19. The fourth-order valence-corrected chi connectivity index (χ4v) is 4.51. The van der Waals surface area contributed by atoms with Crippen LogP contribution >= 0.6 is 0 Å². The first-order chi connectivity index (χ1) is 10.7. The Balaban J connectivity index is 1.69. The van der Waals surface area contributed by atoms with E-state index in [2.05, 4.69) is 30.9 Å². The monoisotopic (exact) mass is 323 g/mol. The highest BCUT2D eigenvalue weighted by Crippen LogP contribution is 2.60. The molecule has 6 heteroatoms. The van der Waals surface area contributed by atoms with Gasteiger partial charge in [-0.3, -0.25) is 14.5 Å². The number of likely N-dealkylation sites (tertiary alicyclic amines) is 1. The maximum Gasteiger partial charge on any atom is 0.303 e. The number of hydrogen-bond donors (Lipinski definition) is 1. The van der Waals surface area contributed by atoms with E-state index in [0.717, 1.165) is 19.4 Å². The highest BCUT2D eigenvalue weighted by atomic mass is 19.1. The zero-order valence-electron chi connectivity index (χ0n) is 14.2. The number of nitrogens with zero attached hydrogens (tertiary/aromatic N) is 2. The fraction of sp³-hybridized carbons (Fsp3) is 0.882. The number of rotatable bonds is 3. The third kappa shape index (κ3) is 2.36. The predicted octanol–water partition coefficient (Wildman–Crippen LogP) is 1.99. The van der Waals surface area contributed by atoms with Crippen molar-refractivity contribution in [1.82, 2.24) is 10.2 Å². The van der Waals surface area contributed by atoms with Crippen LogP contribution in [0.1, 0.15) is 40.0 Å². The summed E-state index contributed by atoms with van der Waals surface area (Å²) in [6, 6.07) is 0. The number of fused-ring (bicyclic) bond motifs is 2. The highest BCUT2D eigenvalue weighted by Gasteiger charge is 2.63. The minimum atomic E-state index is -1.08. The van der Waals surface area contributed by atoms with Crippen molar-refractivity contribution in [3.63, 3.8) is 0 Å². The van der Waals surface area contributed by atoms with Crippen LogP contribution in [0.3, 0.4) is 0 Å². The Labute approximate surface area is 137 Å². The molecule has 2 saturated heterocycles. The van der Waals surface area contributed by atoms with Gasteiger partial charge in [-0.25, -0.2) is 11.0 Å². The summed E-state index contributed by atoms with van der Waals surface area (Å²) in [5, 5.41) is 3.44. The van der Waals surface area contributed by atoms with Gasteiger partial charge in [-0.1, -0.05) is 20.8 Å². The van der Waals surface area contributed by atoms with Gasteiger partial charge in [-0.15, -0.1) is 0 Å². The molecule has 0 spiro atoms. The molecule has 2 aliphatic heterocycles. The molecule has 1 N–H and O–H groups in total. The second kappa shape index (κ2) is 5.42. The third-order valence-electron chi connectivity index (χ3n) is 6.85. The van der Waals surface area contributed by atoms with Crippen LogP contribution in [0, 0.1) is 17.4 Å². The van der Waals surface area contributed by atoms with E-state index in [0.29, 0.717) is 6.61 Å². The maximum atomic E-state index is 13.5. The molecule has 3 aliphatic rings. The van der Waals surface area contributed by atoms with Gasteiger partial charge in [0.1, 0.15) is 6.17 Å². The lowest BCUT2D eigenvalue weighted by Crippen LogP contribution is -2.64. The van der Waals surface area contributed by atoms with Crippen molar-refractivity contribution in [3.05, 3.63) is 11.4 Å². The molecule has 0 aromatic carbocycles. The molecule has 4 atom stereocenters. The van der Waals surface area contributed by atoms with Crippen LogP contribution in [0.4, 0.5) is 4.39 Å². The van der Waals surface area contributed by atoms with E-state index in [1.165, 1.54) is 4.90 Å². The van der Waals surface area contributed by atoms with Crippen LogP contribution in [0.5, 0.6) is 0 Å². The molecule has 2 bridgehead atoms. The van der Waals surface area contributed by atoms with Crippen molar-refractivity contribution in [3.8, 4) is 0 Å². The van der Waals surface area contributed by atoms with Crippen molar-refractivity contribution >= 4 is 5.91 Å². The summed E-state index contributed by atoms with van der Waals surface area (Å²) in [5.41, 5.74) is -0.0957. The summed E-state index contributed by atoms with van der Waals surface area (Å²) in [4.78, 5) is 17.2. The topological polar surface area (TPSA) is 45.9 Å². The van der Waals surface area contributed by atoms with Crippen molar-refractivity contribution in [2.75, 3.05) is 26.3 Å². The van der Waals surface area contributed by atoms with E-state index in [1.807, 2.05) is 0 Å². The van der Waals surface area contributed by atoms with Crippen molar-refractivity contribution in [2.24, 2.45) is 10.8 Å². The van der Waals surface area contributed by atoms with Gasteiger partial charge in [-0.2, -0.15) is 0 Å². The number of ether oxygens (including phenoxy) is 1. The van der Waals surface area contributed by atoms with Crippen LogP contribution in [-0.2, 0) is 9.53 Å². The average molecular weight is 323 g/mol. The fourth-order valence-electron chi connectivity index (χ4n) is 4.51.